The largest absolute Gasteiger partial charge is 0.494 e. The predicted molar refractivity (Wildman–Crippen MR) is 137 cm³/mol. The van der Waals surface area contributed by atoms with Crippen LogP contribution in [-0.4, -0.2) is 23.5 Å². The fourth-order valence-corrected chi connectivity index (χ4v) is 3.24. The molecule has 2 amide bonds. The Kier molecular flexibility index (Phi) is 8.73. The van der Waals surface area contributed by atoms with Crippen LogP contribution >= 0.6 is 23.8 Å². The van der Waals surface area contributed by atoms with E-state index in [0.29, 0.717) is 23.5 Å². The van der Waals surface area contributed by atoms with Gasteiger partial charge < -0.3 is 15.4 Å². The maximum Gasteiger partial charge on any atom is 0.255 e. The smallest absolute Gasteiger partial charge is 0.255 e. The van der Waals surface area contributed by atoms with Gasteiger partial charge in [-0.3, -0.25) is 14.9 Å². The van der Waals surface area contributed by atoms with Crippen molar-refractivity contribution in [1.29, 1.82) is 0 Å². The lowest BCUT2D eigenvalue weighted by Crippen LogP contribution is -2.32. The molecule has 3 aromatic rings. The zero-order valence-corrected chi connectivity index (χ0v) is 19.7. The third-order valence-corrected chi connectivity index (χ3v) is 4.91. The van der Waals surface area contributed by atoms with Crippen molar-refractivity contribution in [1.82, 2.24) is 5.32 Å². The van der Waals surface area contributed by atoms with E-state index in [-0.39, 0.29) is 10.1 Å². The second-order valence-electron chi connectivity index (χ2n) is 6.94. The maximum atomic E-state index is 13.3. The number of rotatable bonds is 7. The quantitative estimate of drug-likeness (QED) is 0.290. The van der Waals surface area contributed by atoms with Gasteiger partial charge in [0.25, 0.3) is 5.91 Å². The van der Waals surface area contributed by atoms with Gasteiger partial charge in [-0.1, -0.05) is 29.8 Å². The van der Waals surface area contributed by atoms with Gasteiger partial charge in [0, 0.05) is 23.0 Å². The summed E-state index contributed by atoms with van der Waals surface area (Å²) in [6.45, 7) is 2.49. The first-order chi connectivity index (χ1) is 16.3. The number of carbonyl (C=O) groups is 2. The molecule has 0 saturated heterocycles. The monoisotopic (exact) mass is 497 g/mol. The highest BCUT2D eigenvalue weighted by Gasteiger charge is 2.10. The van der Waals surface area contributed by atoms with E-state index in [0.717, 1.165) is 11.3 Å². The van der Waals surface area contributed by atoms with Crippen molar-refractivity contribution < 1.29 is 18.7 Å². The van der Waals surface area contributed by atoms with E-state index >= 15 is 0 Å². The number of carbonyl (C=O) groups excluding carboxylic acids is 2. The summed E-state index contributed by atoms with van der Waals surface area (Å²) in [6, 6.07) is 17.7. The molecule has 34 heavy (non-hydrogen) atoms. The molecule has 0 aromatic heterocycles. The van der Waals surface area contributed by atoms with Crippen LogP contribution < -0.4 is 20.7 Å². The van der Waals surface area contributed by atoms with Crippen molar-refractivity contribution in [2.75, 3.05) is 17.2 Å². The van der Waals surface area contributed by atoms with Crippen molar-refractivity contribution >= 4 is 58.2 Å². The van der Waals surface area contributed by atoms with E-state index in [2.05, 4.69) is 16.0 Å². The van der Waals surface area contributed by atoms with E-state index in [1.54, 1.807) is 30.3 Å². The molecule has 0 aliphatic carbocycles. The van der Waals surface area contributed by atoms with E-state index in [1.807, 2.05) is 31.2 Å². The molecular weight excluding hydrogens is 477 g/mol. The van der Waals surface area contributed by atoms with Gasteiger partial charge >= 0.3 is 0 Å². The molecule has 0 bridgehead atoms. The van der Waals surface area contributed by atoms with Gasteiger partial charge in [-0.2, -0.15) is 0 Å². The minimum Gasteiger partial charge on any atom is -0.494 e. The summed E-state index contributed by atoms with van der Waals surface area (Å²) in [6.07, 6.45) is 3.02. The van der Waals surface area contributed by atoms with Crippen LogP contribution in [0.2, 0.25) is 5.02 Å². The van der Waals surface area contributed by atoms with Crippen LogP contribution in [0.1, 0.15) is 22.8 Å². The van der Waals surface area contributed by atoms with Gasteiger partial charge in [-0.25, -0.2) is 4.39 Å². The molecule has 0 radical (unpaired) electrons. The lowest BCUT2D eigenvalue weighted by atomic mass is 10.2. The number of ether oxygens (including phenoxy) is 1. The van der Waals surface area contributed by atoms with E-state index in [9.17, 15) is 14.0 Å². The number of nitrogens with one attached hydrogen (secondary N) is 3. The van der Waals surface area contributed by atoms with Crippen LogP contribution in [0.4, 0.5) is 15.8 Å². The Labute approximate surface area is 206 Å². The molecule has 3 rings (SSSR count). The van der Waals surface area contributed by atoms with Crippen molar-refractivity contribution in [2.45, 2.75) is 6.92 Å². The molecule has 9 heteroatoms. The standard InChI is InChI=1S/C25H21ClFN3O3S/c1-2-33-20-10-6-16(7-11-20)8-13-23(31)30-25(34)29-18-5-3-4-17(14-18)24(32)28-19-9-12-22(27)21(26)15-19/h3-15H,2H2,1H3,(H,28,32)(H2,29,30,31,34)/b13-8+. The van der Waals surface area contributed by atoms with Gasteiger partial charge in [-0.05, 0) is 79.3 Å². The molecule has 0 fully saturated rings. The van der Waals surface area contributed by atoms with Gasteiger partial charge in [0.2, 0.25) is 5.91 Å². The molecule has 0 saturated carbocycles. The normalized spacial score (nSPS) is 10.6. The number of amides is 2. The molecule has 174 valence electrons. The summed E-state index contributed by atoms with van der Waals surface area (Å²) < 4.78 is 18.7. The number of benzene rings is 3. The number of halogens is 2. The first-order valence-corrected chi connectivity index (χ1v) is 11.0. The molecule has 3 N–H and O–H groups in total. The molecule has 3 aromatic carbocycles. The Hall–Kier alpha value is -3.75. The Morgan fingerprint density at radius 2 is 1.76 bits per heavy atom. The minimum absolute atomic E-state index is 0.0734. The number of hydrogen-bond donors (Lipinski definition) is 3. The number of hydrogen-bond acceptors (Lipinski definition) is 4. The second-order valence-corrected chi connectivity index (χ2v) is 7.76. The van der Waals surface area contributed by atoms with Crippen LogP contribution in [0.25, 0.3) is 6.08 Å². The molecular formula is C25H21ClFN3O3S. The van der Waals surface area contributed by atoms with E-state index in [1.165, 1.54) is 24.3 Å². The first kappa shape index (κ1) is 24.9. The third-order valence-electron chi connectivity index (χ3n) is 4.42. The molecule has 6 nitrogen and oxygen atoms in total. The Bertz CT molecular complexity index is 1230. The van der Waals surface area contributed by atoms with Crippen LogP contribution in [-0.2, 0) is 4.79 Å². The Morgan fingerprint density at radius 1 is 1.03 bits per heavy atom. The highest BCUT2D eigenvalue weighted by Crippen LogP contribution is 2.20. The zero-order chi connectivity index (χ0) is 24.5. The van der Waals surface area contributed by atoms with Crippen LogP contribution in [0, 0.1) is 5.82 Å². The summed E-state index contributed by atoms with van der Waals surface area (Å²) in [5.41, 5.74) is 2.02. The van der Waals surface area contributed by atoms with Crippen LogP contribution in [0.5, 0.6) is 5.75 Å². The fraction of sp³-hybridized carbons (Fsp3) is 0.0800. The highest BCUT2D eigenvalue weighted by molar-refractivity contribution is 7.80. The van der Waals surface area contributed by atoms with Crippen molar-refractivity contribution in [3.05, 3.63) is 94.8 Å². The SMILES string of the molecule is CCOc1ccc(/C=C/C(=O)NC(=S)Nc2cccc(C(=O)Nc3ccc(F)c(Cl)c3)c2)cc1. The summed E-state index contributed by atoms with van der Waals surface area (Å²) in [5.74, 6) is -0.643. The lowest BCUT2D eigenvalue weighted by Gasteiger charge is -2.10. The molecule has 0 unspecified atom stereocenters. The summed E-state index contributed by atoms with van der Waals surface area (Å²) in [5, 5.41) is 8.04. The first-order valence-electron chi connectivity index (χ1n) is 10.2. The summed E-state index contributed by atoms with van der Waals surface area (Å²) in [7, 11) is 0. The fourth-order valence-electron chi connectivity index (χ4n) is 2.84. The van der Waals surface area contributed by atoms with Crippen LogP contribution in [0.3, 0.4) is 0 Å². The molecule has 0 heterocycles. The van der Waals surface area contributed by atoms with E-state index in [4.69, 9.17) is 28.6 Å². The zero-order valence-electron chi connectivity index (χ0n) is 18.1. The van der Waals surface area contributed by atoms with Gasteiger partial charge in [0.15, 0.2) is 5.11 Å². The van der Waals surface area contributed by atoms with E-state index < -0.39 is 17.6 Å². The van der Waals surface area contributed by atoms with Crippen LogP contribution in [0.15, 0.2) is 72.8 Å². The Balaban J connectivity index is 1.55. The summed E-state index contributed by atoms with van der Waals surface area (Å²) >= 11 is 10.9. The molecule has 0 atom stereocenters. The van der Waals surface area contributed by atoms with Gasteiger partial charge in [0.1, 0.15) is 11.6 Å². The summed E-state index contributed by atoms with van der Waals surface area (Å²) in [4.78, 5) is 24.7. The topological polar surface area (TPSA) is 79.5 Å². The van der Waals surface area contributed by atoms with Crippen molar-refractivity contribution in [2.24, 2.45) is 0 Å². The average Bonchev–Trinajstić information content (AvgIpc) is 2.81. The average molecular weight is 498 g/mol. The number of anilines is 2. The molecule has 0 aliphatic heterocycles. The Morgan fingerprint density at radius 3 is 2.47 bits per heavy atom. The predicted octanol–water partition coefficient (Wildman–Crippen LogP) is 5.66. The molecule has 0 spiro atoms. The molecule has 0 aliphatic rings. The second kappa shape index (κ2) is 11.9. The third kappa shape index (κ3) is 7.40. The van der Waals surface area contributed by atoms with Crippen molar-refractivity contribution in [3.63, 3.8) is 0 Å². The minimum atomic E-state index is -0.573. The number of thiocarbonyl (C=S) groups is 1. The van der Waals surface area contributed by atoms with Gasteiger partial charge in [-0.15, -0.1) is 0 Å². The maximum absolute atomic E-state index is 13.3. The van der Waals surface area contributed by atoms with Crippen molar-refractivity contribution in [3.8, 4) is 5.75 Å². The van der Waals surface area contributed by atoms with Gasteiger partial charge in [0.05, 0.1) is 11.6 Å². The highest BCUT2D eigenvalue weighted by atomic mass is 35.5. The lowest BCUT2D eigenvalue weighted by molar-refractivity contribution is -0.115.